The first kappa shape index (κ1) is 21.5. The largest absolute Gasteiger partial charge is 0.388 e. The number of hydrogen-bond acceptors (Lipinski definition) is 3. The molecule has 0 aromatic heterocycles. The van der Waals surface area contributed by atoms with E-state index in [0.29, 0.717) is 6.42 Å². The van der Waals surface area contributed by atoms with Crippen LogP contribution in [-0.4, -0.2) is 37.5 Å². The Kier molecular flexibility index (Phi) is 6.98. The molecule has 162 valence electrons. The molecule has 2 aliphatic rings. The second-order valence-corrected chi connectivity index (χ2v) is 8.67. The summed E-state index contributed by atoms with van der Waals surface area (Å²) >= 11 is 6.00. The van der Waals surface area contributed by atoms with Crippen molar-refractivity contribution in [1.29, 1.82) is 0 Å². The van der Waals surface area contributed by atoms with E-state index >= 15 is 0 Å². The maximum absolute atomic E-state index is 12.1. The summed E-state index contributed by atoms with van der Waals surface area (Å²) in [5.74, 6) is 0.283. The smallest absolute Gasteiger partial charge is 0.222 e. The predicted molar refractivity (Wildman–Crippen MR) is 129 cm³/mol. The number of rotatable bonds is 6. The number of likely N-dealkylation sites (tertiary alicyclic amines) is 1. The molecule has 1 N–H and O–H groups in total. The van der Waals surface area contributed by atoms with Crippen LogP contribution in [-0.2, 0) is 11.3 Å². The Morgan fingerprint density at radius 2 is 1.77 bits per heavy atom. The van der Waals surface area contributed by atoms with Crippen molar-refractivity contribution in [3.63, 3.8) is 0 Å². The van der Waals surface area contributed by atoms with Crippen LogP contribution in [0, 0.1) is 0 Å². The van der Waals surface area contributed by atoms with Gasteiger partial charge in [-0.25, -0.2) is 0 Å². The molecule has 2 aromatic rings. The zero-order valence-corrected chi connectivity index (χ0v) is 18.9. The van der Waals surface area contributed by atoms with Crippen LogP contribution in [0.3, 0.4) is 0 Å². The number of anilines is 1. The third kappa shape index (κ3) is 5.50. The van der Waals surface area contributed by atoms with E-state index in [4.69, 9.17) is 11.6 Å². The summed E-state index contributed by atoms with van der Waals surface area (Å²) in [5, 5.41) is 4.06. The Morgan fingerprint density at radius 1 is 1.03 bits per heavy atom. The fourth-order valence-electron chi connectivity index (χ4n) is 4.35. The molecule has 2 aliphatic heterocycles. The van der Waals surface area contributed by atoms with Crippen molar-refractivity contribution < 1.29 is 4.79 Å². The van der Waals surface area contributed by atoms with Gasteiger partial charge in [0.2, 0.25) is 5.91 Å². The molecular formula is C26H30ClN3O. The van der Waals surface area contributed by atoms with Gasteiger partial charge in [0.25, 0.3) is 0 Å². The van der Waals surface area contributed by atoms with Gasteiger partial charge in [0.05, 0.1) is 0 Å². The van der Waals surface area contributed by atoms with Gasteiger partial charge >= 0.3 is 0 Å². The molecule has 0 spiro atoms. The summed E-state index contributed by atoms with van der Waals surface area (Å²) in [6, 6.07) is 16.4. The van der Waals surface area contributed by atoms with Gasteiger partial charge in [0, 0.05) is 56.1 Å². The minimum absolute atomic E-state index is 0.283. The lowest BCUT2D eigenvalue weighted by molar-refractivity contribution is -0.128. The molecule has 2 aromatic carbocycles. The second-order valence-electron chi connectivity index (χ2n) is 8.24. The predicted octanol–water partition coefficient (Wildman–Crippen LogP) is 5.25. The molecule has 4 rings (SSSR count). The highest BCUT2D eigenvalue weighted by atomic mass is 35.5. The Balaban J connectivity index is 1.42. The molecule has 0 atom stereocenters. The fraction of sp³-hybridized carbons (Fsp3) is 0.346. The zero-order chi connectivity index (χ0) is 21.6. The first-order valence-corrected chi connectivity index (χ1v) is 11.5. The SMILES string of the molecule is CN/C(C=C1CCN(c2ccccc2CN2CCCC2=O)CC1)=C\c1ccc(Cl)cc1. The molecule has 1 amide bonds. The van der Waals surface area contributed by atoms with Gasteiger partial charge in [-0.05, 0) is 60.7 Å². The van der Waals surface area contributed by atoms with Crippen LogP contribution in [0.5, 0.6) is 0 Å². The summed E-state index contributed by atoms with van der Waals surface area (Å²) < 4.78 is 0. The number of allylic oxidation sites excluding steroid dienone is 1. The lowest BCUT2D eigenvalue weighted by Gasteiger charge is -2.33. The summed E-state index contributed by atoms with van der Waals surface area (Å²) in [7, 11) is 1.96. The lowest BCUT2D eigenvalue weighted by atomic mass is 10.0. The minimum atomic E-state index is 0.283. The van der Waals surface area contributed by atoms with Crippen molar-refractivity contribution in [2.45, 2.75) is 32.2 Å². The molecular weight excluding hydrogens is 406 g/mol. The van der Waals surface area contributed by atoms with Crippen LogP contribution in [0.4, 0.5) is 5.69 Å². The molecule has 5 heteroatoms. The monoisotopic (exact) mass is 435 g/mol. The molecule has 2 saturated heterocycles. The number of carbonyl (C=O) groups is 1. The normalized spacial score (nSPS) is 17.3. The number of nitrogens with zero attached hydrogens (tertiary/aromatic N) is 2. The Hall–Kier alpha value is -2.72. The Labute approximate surface area is 190 Å². The third-order valence-electron chi connectivity index (χ3n) is 6.11. The topological polar surface area (TPSA) is 35.6 Å². The minimum Gasteiger partial charge on any atom is -0.388 e. The van der Waals surface area contributed by atoms with Crippen molar-refractivity contribution in [3.05, 3.63) is 82.0 Å². The van der Waals surface area contributed by atoms with E-state index in [1.165, 1.54) is 16.8 Å². The number of hydrogen-bond donors (Lipinski definition) is 1. The van der Waals surface area contributed by atoms with Crippen LogP contribution < -0.4 is 10.2 Å². The van der Waals surface area contributed by atoms with Gasteiger partial charge in [0.1, 0.15) is 0 Å². The average molecular weight is 436 g/mol. The zero-order valence-electron chi connectivity index (χ0n) is 18.1. The molecule has 2 fully saturated rings. The lowest BCUT2D eigenvalue weighted by Crippen LogP contribution is -2.32. The summed E-state index contributed by atoms with van der Waals surface area (Å²) in [6.07, 6.45) is 8.18. The van der Waals surface area contributed by atoms with E-state index in [9.17, 15) is 4.79 Å². The molecule has 0 radical (unpaired) electrons. The summed E-state index contributed by atoms with van der Waals surface area (Å²) in [6.45, 7) is 3.60. The number of piperidine rings is 1. The maximum atomic E-state index is 12.1. The number of amides is 1. The van der Waals surface area contributed by atoms with E-state index in [0.717, 1.165) is 61.7 Å². The van der Waals surface area contributed by atoms with E-state index in [-0.39, 0.29) is 5.91 Å². The van der Waals surface area contributed by atoms with Crippen molar-refractivity contribution in [2.75, 3.05) is 31.6 Å². The summed E-state index contributed by atoms with van der Waals surface area (Å²) in [5.41, 5.74) is 6.22. The van der Waals surface area contributed by atoms with Crippen LogP contribution in [0.2, 0.25) is 5.02 Å². The quantitative estimate of drug-likeness (QED) is 0.673. The first-order valence-electron chi connectivity index (χ1n) is 11.1. The van der Waals surface area contributed by atoms with Crippen molar-refractivity contribution in [3.8, 4) is 0 Å². The standard InChI is InChI=1S/C26H30ClN3O/c1-28-24(17-20-8-10-23(27)11-9-20)18-21-12-15-29(16-13-21)25-6-3-2-5-22(25)19-30-14-4-7-26(30)31/h2-3,5-6,8-11,17-18,28H,4,7,12-16,19H2,1H3/b24-17-. The number of likely N-dealkylation sites (N-methyl/N-ethyl adjacent to an activating group) is 1. The van der Waals surface area contributed by atoms with Gasteiger partial charge in [0.15, 0.2) is 0 Å². The van der Waals surface area contributed by atoms with Gasteiger partial charge in [-0.1, -0.05) is 47.5 Å². The van der Waals surface area contributed by atoms with Crippen LogP contribution in [0.25, 0.3) is 6.08 Å². The van der Waals surface area contributed by atoms with E-state index in [1.807, 2.05) is 36.2 Å². The van der Waals surface area contributed by atoms with Crippen molar-refractivity contribution in [1.82, 2.24) is 10.2 Å². The number of carbonyl (C=O) groups excluding carboxylic acids is 1. The first-order chi connectivity index (χ1) is 15.1. The van der Waals surface area contributed by atoms with Gasteiger partial charge in [-0.2, -0.15) is 0 Å². The van der Waals surface area contributed by atoms with Gasteiger partial charge in [-0.15, -0.1) is 0 Å². The average Bonchev–Trinajstić information content (AvgIpc) is 3.20. The van der Waals surface area contributed by atoms with Crippen LogP contribution in [0.1, 0.15) is 36.8 Å². The van der Waals surface area contributed by atoms with Crippen molar-refractivity contribution >= 4 is 29.3 Å². The molecule has 2 heterocycles. The highest BCUT2D eigenvalue weighted by Gasteiger charge is 2.23. The number of para-hydroxylation sites is 1. The fourth-order valence-corrected chi connectivity index (χ4v) is 4.48. The van der Waals surface area contributed by atoms with E-state index < -0.39 is 0 Å². The highest BCUT2D eigenvalue weighted by Crippen LogP contribution is 2.28. The highest BCUT2D eigenvalue weighted by molar-refractivity contribution is 6.30. The van der Waals surface area contributed by atoms with Crippen LogP contribution in [0.15, 0.2) is 65.9 Å². The van der Waals surface area contributed by atoms with Crippen LogP contribution >= 0.6 is 11.6 Å². The Bertz CT molecular complexity index is 970. The second kappa shape index (κ2) is 10.1. The van der Waals surface area contributed by atoms with Gasteiger partial charge in [-0.3, -0.25) is 4.79 Å². The Morgan fingerprint density at radius 3 is 2.45 bits per heavy atom. The molecule has 0 aliphatic carbocycles. The molecule has 0 saturated carbocycles. The van der Waals surface area contributed by atoms with Gasteiger partial charge < -0.3 is 15.1 Å². The molecule has 31 heavy (non-hydrogen) atoms. The third-order valence-corrected chi connectivity index (χ3v) is 6.36. The summed E-state index contributed by atoms with van der Waals surface area (Å²) in [4.78, 5) is 16.5. The number of benzene rings is 2. The molecule has 4 nitrogen and oxygen atoms in total. The number of halogens is 1. The van der Waals surface area contributed by atoms with E-state index in [2.05, 4.69) is 46.6 Å². The molecule has 0 unspecified atom stereocenters. The number of nitrogens with one attached hydrogen (secondary N) is 1. The van der Waals surface area contributed by atoms with E-state index in [1.54, 1.807) is 0 Å². The van der Waals surface area contributed by atoms with Crippen molar-refractivity contribution in [2.24, 2.45) is 0 Å². The maximum Gasteiger partial charge on any atom is 0.222 e. The molecule has 0 bridgehead atoms.